The Kier molecular flexibility index (Phi) is 17.2. The molecule has 274 valence electrons. The molecule has 1 saturated heterocycles. The topological polar surface area (TPSA) is 274 Å². The Balaban J connectivity index is 2.15. The Bertz CT molecular complexity index is 1360. The van der Waals surface area contributed by atoms with E-state index in [0.717, 1.165) is 0 Å². The van der Waals surface area contributed by atoms with Gasteiger partial charge in [-0.3, -0.25) is 33.6 Å². The first-order valence-corrected chi connectivity index (χ1v) is 15.5. The summed E-state index contributed by atoms with van der Waals surface area (Å²) in [4.78, 5) is 94.0. The fourth-order valence-electron chi connectivity index (χ4n) is 4.60. The summed E-state index contributed by atoms with van der Waals surface area (Å²) in [5.41, 5.74) is 6.31. The zero-order chi connectivity index (χ0) is 37.2. The van der Waals surface area contributed by atoms with Crippen molar-refractivity contribution in [1.29, 1.82) is 0 Å². The van der Waals surface area contributed by atoms with Crippen LogP contribution in [-0.2, 0) is 63.9 Å². The van der Waals surface area contributed by atoms with E-state index >= 15 is 0 Å². The van der Waals surface area contributed by atoms with E-state index in [-0.39, 0.29) is 62.3 Å². The van der Waals surface area contributed by atoms with E-state index in [1.165, 1.54) is 26.0 Å². The van der Waals surface area contributed by atoms with Crippen molar-refractivity contribution in [2.45, 2.75) is 82.9 Å². The number of carboxylic acid groups (broad SMARTS) is 1. The van der Waals surface area contributed by atoms with Crippen molar-refractivity contribution in [2.24, 2.45) is 11.7 Å². The highest BCUT2D eigenvalue weighted by molar-refractivity contribution is 6.55. The number of carbonyl (C=O) groups excluding carboxylic acids is 7. The molecule has 2 rings (SSSR count). The third-order valence-electron chi connectivity index (χ3n) is 7.13. The van der Waals surface area contributed by atoms with Crippen LogP contribution < -0.4 is 26.4 Å². The third kappa shape index (κ3) is 13.0. The van der Waals surface area contributed by atoms with E-state index in [9.17, 15) is 43.5 Å². The monoisotopic (exact) mass is 708 g/mol. The van der Waals surface area contributed by atoms with Crippen LogP contribution in [0.4, 0.5) is 10.5 Å². The van der Waals surface area contributed by atoms with Gasteiger partial charge in [0.1, 0.15) is 12.4 Å². The maximum absolute atomic E-state index is 12.9. The molecule has 6 N–H and O–H groups in total. The predicted octanol–water partition coefficient (Wildman–Crippen LogP) is -1.52. The molecular weight excluding hydrogens is 667 g/mol. The van der Waals surface area contributed by atoms with Gasteiger partial charge in [0.2, 0.25) is 43.8 Å². The fourth-order valence-corrected chi connectivity index (χ4v) is 4.60. The molecule has 1 aliphatic heterocycles. The summed E-state index contributed by atoms with van der Waals surface area (Å²) in [7, 11) is 1.19. The second kappa shape index (κ2) is 21.0. The first-order chi connectivity index (χ1) is 23.8. The van der Waals surface area contributed by atoms with E-state index in [2.05, 4.69) is 16.0 Å². The van der Waals surface area contributed by atoms with Gasteiger partial charge in [-0.2, -0.15) is 0 Å². The van der Waals surface area contributed by atoms with Crippen LogP contribution in [0.3, 0.4) is 0 Å². The van der Waals surface area contributed by atoms with E-state index in [4.69, 9.17) is 34.2 Å². The number of unbranched alkanes of at least 4 members (excludes halogenated alkanes) is 1. The van der Waals surface area contributed by atoms with Gasteiger partial charge in [0, 0.05) is 25.4 Å². The molecule has 50 heavy (non-hydrogen) atoms. The molecule has 0 radical (unpaired) electrons. The molecule has 0 saturated carbocycles. The summed E-state index contributed by atoms with van der Waals surface area (Å²) in [6.07, 6.45) is -7.51. The molecule has 19 nitrogen and oxygen atoms in total. The SMILES string of the molecule is BC(=O)OCc1ccc(O[C@@H]2O[C@H](C(=O)O)[C@@H](OC=O)[C@H](OC=O)[C@H]2OC=O)c(NC(=O)CCNC(=O)C(N)CCCCNC(=O)C(C)C)c1. The number of hydrogen-bond acceptors (Lipinski definition) is 15. The van der Waals surface area contributed by atoms with Crippen molar-refractivity contribution in [2.75, 3.05) is 18.4 Å². The Hall–Kier alpha value is -5.24. The van der Waals surface area contributed by atoms with Crippen LogP contribution >= 0.6 is 0 Å². The summed E-state index contributed by atoms with van der Waals surface area (Å²) in [6.45, 7) is 3.48. The van der Waals surface area contributed by atoms with Crippen LogP contribution in [0.1, 0.15) is 45.1 Å². The Labute approximate surface area is 287 Å². The molecule has 0 aliphatic carbocycles. The number of amides is 3. The summed E-state index contributed by atoms with van der Waals surface area (Å²) in [5.74, 6) is -3.69. The van der Waals surface area contributed by atoms with Gasteiger partial charge in [0.25, 0.3) is 19.4 Å². The molecule has 1 fully saturated rings. The first kappa shape index (κ1) is 40.9. The van der Waals surface area contributed by atoms with Crippen LogP contribution in [0.15, 0.2) is 18.2 Å². The van der Waals surface area contributed by atoms with Crippen molar-refractivity contribution in [3.05, 3.63) is 23.8 Å². The van der Waals surface area contributed by atoms with E-state index in [1.807, 2.05) is 0 Å². The maximum atomic E-state index is 12.9. The second-order valence-corrected chi connectivity index (χ2v) is 11.2. The molecule has 1 heterocycles. The van der Waals surface area contributed by atoms with Gasteiger partial charge in [-0.25, -0.2) is 4.79 Å². The molecule has 1 aromatic carbocycles. The lowest BCUT2D eigenvalue weighted by Crippen LogP contribution is -2.63. The minimum absolute atomic E-state index is 0.0355. The van der Waals surface area contributed by atoms with Gasteiger partial charge in [0.15, 0.2) is 18.3 Å². The highest BCUT2D eigenvalue weighted by Gasteiger charge is 2.54. The van der Waals surface area contributed by atoms with E-state index in [0.29, 0.717) is 31.4 Å². The minimum Gasteiger partial charge on any atom is -0.479 e. The summed E-state index contributed by atoms with van der Waals surface area (Å²) in [5, 5.41) is 17.6. The number of anilines is 1. The molecule has 0 bridgehead atoms. The maximum Gasteiger partial charge on any atom is 0.337 e. The molecule has 1 aliphatic rings. The first-order valence-electron chi connectivity index (χ1n) is 15.5. The largest absolute Gasteiger partial charge is 0.479 e. The molecular formula is C30H41BN4O15. The van der Waals surface area contributed by atoms with E-state index in [1.54, 1.807) is 13.8 Å². The van der Waals surface area contributed by atoms with Gasteiger partial charge in [0.05, 0.1) is 11.7 Å². The van der Waals surface area contributed by atoms with Crippen LogP contribution in [0.25, 0.3) is 0 Å². The number of nitrogens with one attached hydrogen (secondary N) is 3. The lowest BCUT2D eigenvalue weighted by atomic mass is 9.98. The second-order valence-electron chi connectivity index (χ2n) is 11.2. The van der Waals surface area contributed by atoms with Crippen LogP contribution in [-0.4, -0.2) is 112 Å². The summed E-state index contributed by atoms with van der Waals surface area (Å²) in [6, 6.07) is 3.29. The van der Waals surface area contributed by atoms with Crippen molar-refractivity contribution in [3.8, 4) is 5.75 Å². The van der Waals surface area contributed by atoms with Gasteiger partial charge in [-0.1, -0.05) is 19.9 Å². The fraction of sp³-hybridized carbons (Fsp3) is 0.533. The lowest BCUT2D eigenvalue weighted by molar-refractivity contribution is -0.276. The average molecular weight is 708 g/mol. The molecule has 20 heteroatoms. The number of rotatable bonds is 22. The average Bonchev–Trinajstić information content (AvgIpc) is 3.06. The number of carboxylic acids is 1. The molecule has 0 spiro atoms. The number of nitrogens with two attached hydrogens (primary N) is 1. The lowest BCUT2D eigenvalue weighted by Gasteiger charge is -2.41. The standard InChI is InChI=1S/C30H41BN4O15/c1-16(2)26(40)33-9-4-3-5-18(32)27(41)34-10-8-21(39)35-19-11-17(12-45-30(31)44)6-7-20(19)49-29-25(48-15-38)23(47-14-37)22(46-13-36)24(50-29)28(42)43/h6-7,11,13-16,18,22-25,29H,3-5,8-10,12,31-32H2,1-2H3,(H,33,40)(H,34,41)(H,35,39)(H,42,43)/t18?,22-,23-,24-,25+,29+/m0/s1. The van der Waals surface area contributed by atoms with Crippen LogP contribution in [0, 0.1) is 5.92 Å². The van der Waals surface area contributed by atoms with Gasteiger partial charge in [-0.05, 0) is 37.0 Å². The Morgan fingerprint density at radius 1 is 0.940 bits per heavy atom. The number of carbonyl (C=O) groups is 8. The zero-order valence-corrected chi connectivity index (χ0v) is 27.7. The Morgan fingerprint density at radius 3 is 2.20 bits per heavy atom. The number of aliphatic carboxylic acids is 1. The van der Waals surface area contributed by atoms with Gasteiger partial charge < -0.3 is 55.2 Å². The third-order valence-corrected chi connectivity index (χ3v) is 7.13. The van der Waals surface area contributed by atoms with E-state index < -0.39 is 60.4 Å². The highest BCUT2D eigenvalue weighted by atomic mass is 16.7. The molecule has 0 aromatic heterocycles. The smallest absolute Gasteiger partial charge is 0.337 e. The van der Waals surface area contributed by atoms with Crippen molar-refractivity contribution >= 4 is 62.5 Å². The molecule has 3 amide bonds. The molecule has 6 atom stereocenters. The van der Waals surface area contributed by atoms with Gasteiger partial charge >= 0.3 is 5.97 Å². The molecule has 1 unspecified atom stereocenters. The Morgan fingerprint density at radius 2 is 1.58 bits per heavy atom. The summed E-state index contributed by atoms with van der Waals surface area (Å²) < 4.78 is 31.0. The van der Waals surface area contributed by atoms with Crippen molar-refractivity contribution in [3.63, 3.8) is 0 Å². The van der Waals surface area contributed by atoms with Crippen molar-refractivity contribution < 1.29 is 71.9 Å². The highest BCUT2D eigenvalue weighted by Crippen LogP contribution is 2.33. The van der Waals surface area contributed by atoms with Crippen LogP contribution in [0.5, 0.6) is 5.75 Å². The molecule has 1 aromatic rings. The normalized spacial score (nSPS) is 20.3. The van der Waals surface area contributed by atoms with Gasteiger partial charge in [-0.15, -0.1) is 0 Å². The zero-order valence-electron chi connectivity index (χ0n) is 27.7. The summed E-state index contributed by atoms with van der Waals surface area (Å²) >= 11 is 0. The number of ether oxygens (including phenoxy) is 6. The predicted molar refractivity (Wildman–Crippen MR) is 171 cm³/mol. The van der Waals surface area contributed by atoms with Crippen LogP contribution in [0.2, 0.25) is 0 Å². The quantitative estimate of drug-likeness (QED) is 0.0396. The number of hydrogen-bond donors (Lipinski definition) is 5. The van der Waals surface area contributed by atoms with Crippen molar-refractivity contribution in [1.82, 2.24) is 10.6 Å². The number of benzene rings is 1. The minimum atomic E-state index is -1.95.